The van der Waals surface area contributed by atoms with E-state index in [0.717, 1.165) is 45.1 Å². The lowest BCUT2D eigenvalue weighted by Gasteiger charge is -2.41. The minimum atomic E-state index is 0.0422. The van der Waals surface area contributed by atoms with Crippen LogP contribution in [0.2, 0.25) is 0 Å². The molecule has 1 heterocycles. The van der Waals surface area contributed by atoms with Crippen LogP contribution in [0.3, 0.4) is 0 Å². The number of piperidine rings is 1. The molecule has 1 amide bonds. The maximum absolute atomic E-state index is 12.1. The molecular formula is C14H23NO3. The molecule has 0 N–H and O–H groups in total. The number of carbonyl (C=O) groups excluding carboxylic acids is 2. The number of Topliss-reactive ketones (excluding diaryl/α,β-unsaturated/α-hetero) is 1. The molecule has 0 aromatic rings. The molecule has 2 rings (SSSR count). The average molecular weight is 253 g/mol. The lowest BCUT2D eigenvalue weighted by Crippen LogP contribution is -2.51. The highest BCUT2D eigenvalue weighted by molar-refractivity contribution is 5.84. The van der Waals surface area contributed by atoms with Gasteiger partial charge in [-0.15, -0.1) is 0 Å². The zero-order chi connectivity index (χ0) is 13.0. The molecule has 0 spiro atoms. The van der Waals surface area contributed by atoms with Crippen LogP contribution in [0, 0.1) is 5.92 Å². The van der Waals surface area contributed by atoms with Crippen molar-refractivity contribution in [3.8, 4) is 0 Å². The van der Waals surface area contributed by atoms with Crippen molar-refractivity contribution in [1.29, 1.82) is 0 Å². The molecule has 1 saturated carbocycles. The predicted molar refractivity (Wildman–Crippen MR) is 68.2 cm³/mol. The molecule has 102 valence electrons. The maximum atomic E-state index is 12.1. The van der Waals surface area contributed by atoms with Crippen molar-refractivity contribution in [3.63, 3.8) is 0 Å². The summed E-state index contributed by atoms with van der Waals surface area (Å²) in [5.41, 5.74) is 0. The van der Waals surface area contributed by atoms with Gasteiger partial charge in [0.15, 0.2) is 0 Å². The summed E-state index contributed by atoms with van der Waals surface area (Å²) in [6, 6.07) is 0.134. The average Bonchev–Trinajstić information content (AvgIpc) is 2.40. The molecule has 0 radical (unpaired) electrons. The first kappa shape index (κ1) is 13.5. The number of hydrogen-bond donors (Lipinski definition) is 0. The highest BCUT2D eigenvalue weighted by atomic mass is 16.5. The Labute approximate surface area is 109 Å². The van der Waals surface area contributed by atoms with E-state index in [1.807, 2.05) is 4.90 Å². The Kier molecular flexibility index (Phi) is 4.75. The van der Waals surface area contributed by atoms with E-state index in [4.69, 9.17) is 4.74 Å². The first-order valence-electron chi connectivity index (χ1n) is 7.05. The number of nitrogens with zero attached hydrogens (tertiary/aromatic N) is 1. The number of methoxy groups -OCH3 is 1. The van der Waals surface area contributed by atoms with E-state index in [0.29, 0.717) is 12.2 Å². The molecule has 1 aliphatic carbocycles. The maximum Gasteiger partial charge on any atom is 0.248 e. The van der Waals surface area contributed by atoms with Gasteiger partial charge in [-0.1, -0.05) is 6.42 Å². The third kappa shape index (κ3) is 2.91. The number of ketones is 1. The number of rotatable bonds is 3. The SMILES string of the molecule is COCC(=O)N1CCCCC1C1CCCCC1=O. The van der Waals surface area contributed by atoms with Crippen LogP contribution in [0.4, 0.5) is 0 Å². The van der Waals surface area contributed by atoms with E-state index in [9.17, 15) is 9.59 Å². The van der Waals surface area contributed by atoms with Crippen LogP contribution in [0.1, 0.15) is 44.9 Å². The quantitative estimate of drug-likeness (QED) is 0.770. The highest BCUT2D eigenvalue weighted by Crippen LogP contribution is 2.31. The molecule has 2 fully saturated rings. The van der Waals surface area contributed by atoms with E-state index < -0.39 is 0 Å². The normalized spacial score (nSPS) is 29.4. The molecule has 0 aromatic heterocycles. The van der Waals surface area contributed by atoms with Crippen molar-refractivity contribution in [1.82, 2.24) is 4.90 Å². The lowest BCUT2D eigenvalue weighted by molar-refractivity contribution is -0.142. The van der Waals surface area contributed by atoms with Gasteiger partial charge in [0.2, 0.25) is 5.91 Å². The van der Waals surface area contributed by atoms with Crippen molar-refractivity contribution >= 4 is 11.7 Å². The molecule has 18 heavy (non-hydrogen) atoms. The van der Waals surface area contributed by atoms with Gasteiger partial charge in [-0.25, -0.2) is 0 Å². The number of likely N-dealkylation sites (tertiary alicyclic amines) is 1. The van der Waals surface area contributed by atoms with E-state index in [1.54, 1.807) is 7.11 Å². The van der Waals surface area contributed by atoms with Gasteiger partial charge in [-0.3, -0.25) is 9.59 Å². The fourth-order valence-corrected chi connectivity index (χ4v) is 3.31. The van der Waals surface area contributed by atoms with Gasteiger partial charge in [-0.2, -0.15) is 0 Å². The molecular weight excluding hydrogens is 230 g/mol. The van der Waals surface area contributed by atoms with Crippen LogP contribution >= 0.6 is 0 Å². The van der Waals surface area contributed by atoms with Crippen LogP contribution in [-0.2, 0) is 14.3 Å². The summed E-state index contributed by atoms with van der Waals surface area (Å²) in [6.45, 7) is 0.925. The Balaban J connectivity index is 2.06. The smallest absolute Gasteiger partial charge is 0.248 e. The summed E-state index contributed by atoms with van der Waals surface area (Å²) in [4.78, 5) is 26.0. The topological polar surface area (TPSA) is 46.6 Å². The first-order chi connectivity index (χ1) is 8.74. The lowest BCUT2D eigenvalue weighted by atomic mass is 9.79. The van der Waals surface area contributed by atoms with Gasteiger partial charge < -0.3 is 9.64 Å². The first-order valence-corrected chi connectivity index (χ1v) is 7.05. The Bertz CT molecular complexity index is 316. The second kappa shape index (κ2) is 6.32. The molecule has 1 saturated heterocycles. The number of carbonyl (C=O) groups is 2. The number of amides is 1. The molecule has 1 aliphatic heterocycles. The molecule has 0 bridgehead atoms. The predicted octanol–water partition coefficient (Wildman–Crippen LogP) is 1.77. The summed E-state index contributed by atoms with van der Waals surface area (Å²) in [6.07, 6.45) is 6.96. The molecule has 2 unspecified atom stereocenters. The largest absolute Gasteiger partial charge is 0.375 e. The van der Waals surface area contributed by atoms with Crippen molar-refractivity contribution in [2.75, 3.05) is 20.3 Å². The van der Waals surface area contributed by atoms with E-state index in [-0.39, 0.29) is 24.5 Å². The minimum absolute atomic E-state index is 0.0422. The Morgan fingerprint density at radius 3 is 2.78 bits per heavy atom. The summed E-state index contributed by atoms with van der Waals surface area (Å²) in [5.74, 6) is 0.490. The molecule has 2 aliphatic rings. The second-order valence-corrected chi connectivity index (χ2v) is 5.40. The third-order valence-corrected chi connectivity index (χ3v) is 4.20. The zero-order valence-corrected chi connectivity index (χ0v) is 11.2. The van der Waals surface area contributed by atoms with E-state index in [1.165, 1.54) is 0 Å². The monoisotopic (exact) mass is 253 g/mol. The van der Waals surface area contributed by atoms with Crippen molar-refractivity contribution in [3.05, 3.63) is 0 Å². The van der Waals surface area contributed by atoms with Gasteiger partial charge in [0.25, 0.3) is 0 Å². The van der Waals surface area contributed by atoms with Gasteiger partial charge in [0, 0.05) is 32.0 Å². The standard InChI is InChI=1S/C14H23NO3/c1-18-10-14(17)15-9-5-4-7-12(15)11-6-2-3-8-13(11)16/h11-12H,2-10H2,1H3. The van der Waals surface area contributed by atoms with Crippen molar-refractivity contribution in [2.24, 2.45) is 5.92 Å². The summed E-state index contributed by atoms with van der Waals surface area (Å²) in [7, 11) is 1.54. The van der Waals surface area contributed by atoms with E-state index in [2.05, 4.69) is 0 Å². The number of hydrogen-bond acceptors (Lipinski definition) is 3. The van der Waals surface area contributed by atoms with E-state index >= 15 is 0 Å². The van der Waals surface area contributed by atoms with Crippen LogP contribution in [0.25, 0.3) is 0 Å². The fourth-order valence-electron chi connectivity index (χ4n) is 3.31. The van der Waals surface area contributed by atoms with Crippen LogP contribution in [0.5, 0.6) is 0 Å². The Morgan fingerprint density at radius 1 is 1.28 bits per heavy atom. The molecule has 4 nitrogen and oxygen atoms in total. The van der Waals surface area contributed by atoms with Gasteiger partial charge in [0.1, 0.15) is 12.4 Å². The highest BCUT2D eigenvalue weighted by Gasteiger charge is 2.37. The van der Waals surface area contributed by atoms with Crippen LogP contribution in [0.15, 0.2) is 0 Å². The summed E-state index contributed by atoms with van der Waals surface area (Å²) < 4.78 is 4.94. The van der Waals surface area contributed by atoms with Gasteiger partial charge >= 0.3 is 0 Å². The fraction of sp³-hybridized carbons (Fsp3) is 0.857. The number of ether oxygens (including phenoxy) is 1. The summed E-state index contributed by atoms with van der Waals surface area (Å²) >= 11 is 0. The molecule has 4 heteroatoms. The summed E-state index contributed by atoms with van der Waals surface area (Å²) in [5, 5.41) is 0. The third-order valence-electron chi connectivity index (χ3n) is 4.20. The van der Waals surface area contributed by atoms with Gasteiger partial charge in [0.05, 0.1) is 0 Å². The van der Waals surface area contributed by atoms with Crippen LogP contribution in [-0.4, -0.2) is 42.9 Å². The van der Waals surface area contributed by atoms with Crippen LogP contribution < -0.4 is 0 Å². The van der Waals surface area contributed by atoms with Crippen molar-refractivity contribution < 1.29 is 14.3 Å². The minimum Gasteiger partial charge on any atom is -0.375 e. The van der Waals surface area contributed by atoms with Gasteiger partial charge in [-0.05, 0) is 32.1 Å². The Morgan fingerprint density at radius 2 is 2.06 bits per heavy atom. The Hall–Kier alpha value is -0.900. The second-order valence-electron chi connectivity index (χ2n) is 5.40. The molecule has 0 aromatic carbocycles. The zero-order valence-electron chi connectivity index (χ0n) is 11.2. The van der Waals surface area contributed by atoms with Crippen molar-refractivity contribution in [2.45, 2.75) is 51.0 Å². The molecule has 2 atom stereocenters.